The Balaban J connectivity index is 1.96. The van der Waals surface area contributed by atoms with Gasteiger partial charge in [-0.15, -0.1) is 6.58 Å². The van der Waals surface area contributed by atoms with Gasteiger partial charge in [-0.3, -0.25) is 0 Å². The van der Waals surface area contributed by atoms with E-state index in [0.29, 0.717) is 17.3 Å². The van der Waals surface area contributed by atoms with Crippen molar-refractivity contribution < 1.29 is 4.79 Å². The molecule has 0 unspecified atom stereocenters. The van der Waals surface area contributed by atoms with Gasteiger partial charge < -0.3 is 4.79 Å². The van der Waals surface area contributed by atoms with Gasteiger partial charge in [-0.25, -0.2) is 0 Å². The normalized spacial score (nSPS) is 49.6. The van der Waals surface area contributed by atoms with E-state index >= 15 is 0 Å². The highest BCUT2D eigenvalue weighted by molar-refractivity contribution is 5.60. The minimum atomic E-state index is -0.103. The first kappa shape index (κ1) is 15.1. The van der Waals surface area contributed by atoms with Crippen LogP contribution in [0.4, 0.5) is 0 Å². The van der Waals surface area contributed by atoms with E-state index < -0.39 is 0 Å². The highest BCUT2D eigenvalue weighted by Crippen LogP contribution is 2.63. The Morgan fingerprint density at radius 1 is 1.24 bits per heavy atom. The summed E-state index contributed by atoms with van der Waals surface area (Å²) < 4.78 is 0. The summed E-state index contributed by atoms with van der Waals surface area (Å²) in [6.07, 6.45) is 14.3. The average molecular weight is 286 g/mol. The van der Waals surface area contributed by atoms with Gasteiger partial charge >= 0.3 is 0 Å². The van der Waals surface area contributed by atoms with Crippen LogP contribution in [0.3, 0.4) is 0 Å². The first-order valence-electron chi connectivity index (χ1n) is 8.66. The fraction of sp³-hybridized carbons (Fsp3) is 0.750. The predicted octanol–water partition coefficient (Wildman–Crippen LogP) is 5.32. The number of allylic oxidation sites excluding steroid dienone is 3. The molecule has 116 valence electrons. The minimum absolute atomic E-state index is 0.103. The molecule has 0 aromatic carbocycles. The van der Waals surface area contributed by atoms with Gasteiger partial charge in [0, 0.05) is 5.41 Å². The number of rotatable bonds is 2. The molecule has 0 radical (unpaired) electrons. The molecule has 0 amide bonds. The van der Waals surface area contributed by atoms with E-state index in [1.807, 2.05) is 0 Å². The SMILES string of the molecule is C=C[C@@]1(C)CC[C@H]2C(=CC[C@H]3[C@]2(C)CCC[C@@]3(C)C=O)C1. The van der Waals surface area contributed by atoms with Crippen molar-refractivity contribution in [3.05, 3.63) is 24.3 Å². The van der Waals surface area contributed by atoms with Crippen LogP contribution in [-0.4, -0.2) is 6.29 Å². The second-order valence-corrected chi connectivity index (χ2v) is 8.68. The third-order valence-corrected chi connectivity index (χ3v) is 7.26. The van der Waals surface area contributed by atoms with Gasteiger partial charge in [0.15, 0.2) is 0 Å². The minimum Gasteiger partial charge on any atom is -0.303 e. The van der Waals surface area contributed by atoms with Crippen LogP contribution >= 0.6 is 0 Å². The van der Waals surface area contributed by atoms with Gasteiger partial charge in [0.25, 0.3) is 0 Å². The molecule has 0 bridgehead atoms. The summed E-state index contributed by atoms with van der Waals surface area (Å²) in [6, 6.07) is 0. The first-order chi connectivity index (χ1) is 9.87. The van der Waals surface area contributed by atoms with Crippen LogP contribution in [0.1, 0.15) is 65.7 Å². The van der Waals surface area contributed by atoms with Crippen molar-refractivity contribution in [2.45, 2.75) is 65.7 Å². The number of fused-ring (bicyclic) bond motifs is 3. The fourth-order valence-electron chi connectivity index (χ4n) is 5.80. The van der Waals surface area contributed by atoms with Crippen LogP contribution in [0, 0.1) is 28.1 Å². The van der Waals surface area contributed by atoms with Gasteiger partial charge in [0.2, 0.25) is 0 Å². The predicted molar refractivity (Wildman–Crippen MR) is 88.0 cm³/mol. The van der Waals surface area contributed by atoms with Gasteiger partial charge in [0.1, 0.15) is 6.29 Å². The van der Waals surface area contributed by atoms with E-state index in [1.54, 1.807) is 5.57 Å². The summed E-state index contributed by atoms with van der Waals surface area (Å²) in [4.78, 5) is 11.8. The molecule has 3 rings (SSSR count). The molecule has 0 spiro atoms. The summed E-state index contributed by atoms with van der Waals surface area (Å²) in [7, 11) is 0. The van der Waals surface area contributed by atoms with Gasteiger partial charge in [-0.2, -0.15) is 0 Å². The molecule has 0 aromatic heterocycles. The Labute approximate surface area is 129 Å². The molecule has 0 N–H and O–H groups in total. The Bertz CT molecular complexity index is 490. The zero-order valence-electron chi connectivity index (χ0n) is 14.0. The maximum Gasteiger partial charge on any atom is 0.126 e. The van der Waals surface area contributed by atoms with Gasteiger partial charge in [0.05, 0.1) is 0 Å². The molecule has 0 aromatic rings. The van der Waals surface area contributed by atoms with Crippen molar-refractivity contribution in [2.75, 3.05) is 0 Å². The smallest absolute Gasteiger partial charge is 0.126 e. The summed E-state index contributed by atoms with van der Waals surface area (Å²) in [6.45, 7) is 11.1. The topological polar surface area (TPSA) is 17.1 Å². The van der Waals surface area contributed by atoms with Crippen LogP contribution in [0.5, 0.6) is 0 Å². The van der Waals surface area contributed by atoms with Crippen molar-refractivity contribution in [3.8, 4) is 0 Å². The lowest BCUT2D eigenvalue weighted by Crippen LogP contribution is -2.51. The van der Waals surface area contributed by atoms with Crippen molar-refractivity contribution in [2.24, 2.45) is 28.1 Å². The maximum atomic E-state index is 11.8. The average Bonchev–Trinajstić information content (AvgIpc) is 2.46. The molecule has 1 heteroatoms. The van der Waals surface area contributed by atoms with E-state index in [9.17, 15) is 4.79 Å². The van der Waals surface area contributed by atoms with E-state index in [-0.39, 0.29) is 10.8 Å². The number of carbonyl (C=O) groups is 1. The molecule has 2 saturated carbocycles. The molecule has 21 heavy (non-hydrogen) atoms. The molecule has 0 heterocycles. The highest BCUT2D eigenvalue weighted by atomic mass is 16.1. The van der Waals surface area contributed by atoms with Gasteiger partial charge in [-0.05, 0) is 61.2 Å². The molecule has 1 nitrogen and oxygen atoms in total. The van der Waals surface area contributed by atoms with E-state index in [0.717, 1.165) is 12.8 Å². The number of hydrogen-bond donors (Lipinski definition) is 0. The molecule has 3 aliphatic carbocycles. The van der Waals surface area contributed by atoms with Crippen molar-refractivity contribution >= 4 is 6.29 Å². The molecular formula is C20H30O. The number of carbonyl (C=O) groups excluding carboxylic acids is 1. The maximum absolute atomic E-state index is 11.8. The Morgan fingerprint density at radius 3 is 2.67 bits per heavy atom. The zero-order valence-corrected chi connectivity index (χ0v) is 14.0. The zero-order chi connectivity index (χ0) is 15.3. The Morgan fingerprint density at radius 2 is 2.00 bits per heavy atom. The third kappa shape index (κ3) is 2.15. The van der Waals surface area contributed by atoms with Crippen molar-refractivity contribution in [3.63, 3.8) is 0 Å². The molecule has 3 aliphatic rings. The highest BCUT2D eigenvalue weighted by Gasteiger charge is 2.55. The summed E-state index contributed by atoms with van der Waals surface area (Å²) in [5.74, 6) is 1.24. The van der Waals surface area contributed by atoms with Crippen LogP contribution in [0.2, 0.25) is 0 Å². The van der Waals surface area contributed by atoms with Crippen molar-refractivity contribution in [1.29, 1.82) is 0 Å². The lowest BCUT2D eigenvalue weighted by atomic mass is 9.46. The molecule has 5 atom stereocenters. The molecule has 0 aliphatic heterocycles. The largest absolute Gasteiger partial charge is 0.303 e. The van der Waals surface area contributed by atoms with Crippen LogP contribution < -0.4 is 0 Å². The lowest BCUT2D eigenvalue weighted by molar-refractivity contribution is -0.129. The van der Waals surface area contributed by atoms with E-state index in [1.165, 1.54) is 38.4 Å². The standard InChI is InChI=1S/C20H30O/c1-5-18(2)12-9-16-15(13-18)7-8-17-19(3,14-21)10-6-11-20(16,17)4/h5,7,14,16-17H,1,6,8-13H2,2-4H3/t16-,17+,18-,19-,20+/m0/s1. The van der Waals surface area contributed by atoms with Crippen LogP contribution in [0.25, 0.3) is 0 Å². The second kappa shape index (κ2) is 4.83. The lowest BCUT2D eigenvalue weighted by Gasteiger charge is -2.58. The van der Waals surface area contributed by atoms with E-state index in [4.69, 9.17) is 0 Å². The molecule has 0 saturated heterocycles. The monoisotopic (exact) mass is 286 g/mol. The molecule has 2 fully saturated rings. The van der Waals surface area contributed by atoms with Crippen LogP contribution in [-0.2, 0) is 4.79 Å². The second-order valence-electron chi connectivity index (χ2n) is 8.68. The Hall–Kier alpha value is -0.850. The van der Waals surface area contributed by atoms with E-state index in [2.05, 4.69) is 39.5 Å². The number of hydrogen-bond acceptors (Lipinski definition) is 1. The number of aldehydes is 1. The quantitative estimate of drug-likeness (QED) is 0.496. The Kier molecular flexibility index (Phi) is 3.46. The fourth-order valence-corrected chi connectivity index (χ4v) is 5.80. The summed E-state index contributed by atoms with van der Waals surface area (Å²) in [5, 5.41) is 0. The van der Waals surface area contributed by atoms with Gasteiger partial charge in [-0.1, -0.05) is 44.9 Å². The summed E-state index contributed by atoms with van der Waals surface area (Å²) in [5.41, 5.74) is 2.18. The summed E-state index contributed by atoms with van der Waals surface area (Å²) >= 11 is 0. The third-order valence-electron chi connectivity index (χ3n) is 7.26. The van der Waals surface area contributed by atoms with Crippen molar-refractivity contribution in [1.82, 2.24) is 0 Å². The molecular weight excluding hydrogens is 256 g/mol. The first-order valence-corrected chi connectivity index (χ1v) is 8.66. The van der Waals surface area contributed by atoms with Crippen LogP contribution in [0.15, 0.2) is 24.3 Å².